The maximum Gasteiger partial charge on any atom is 0.246 e. The molecule has 208 valence electrons. The Morgan fingerprint density at radius 2 is 1.67 bits per heavy atom. The summed E-state index contributed by atoms with van der Waals surface area (Å²) in [5.74, 6) is -2.33. The minimum atomic E-state index is -1.12. The summed E-state index contributed by atoms with van der Waals surface area (Å²) in [5, 5.41) is 16.6. The topological polar surface area (TPSA) is 108 Å². The highest BCUT2D eigenvalue weighted by molar-refractivity contribution is 5.99. The van der Waals surface area contributed by atoms with E-state index < -0.39 is 35.1 Å². The van der Waals surface area contributed by atoms with Crippen LogP contribution < -0.4 is 10.6 Å². The zero-order chi connectivity index (χ0) is 27.8. The Balaban J connectivity index is 1.52. The van der Waals surface area contributed by atoms with Crippen molar-refractivity contribution in [1.82, 2.24) is 15.5 Å². The predicted octanol–water partition coefficient (Wildman–Crippen LogP) is 2.59. The van der Waals surface area contributed by atoms with Crippen LogP contribution >= 0.6 is 0 Å². The molecule has 3 heterocycles. The number of carbonyl (C=O) groups excluding carboxylic acids is 3. The van der Waals surface area contributed by atoms with E-state index >= 15 is 0 Å². The van der Waals surface area contributed by atoms with E-state index in [1.807, 2.05) is 81.4 Å². The van der Waals surface area contributed by atoms with Gasteiger partial charge in [-0.05, 0) is 50.7 Å². The summed E-state index contributed by atoms with van der Waals surface area (Å²) in [6, 6.07) is 17.6. The fraction of sp³-hybridized carbons (Fsp3) is 0.516. The molecule has 8 nitrogen and oxygen atoms in total. The van der Waals surface area contributed by atoms with Crippen molar-refractivity contribution in [2.45, 2.75) is 82.3 Å². The molecule has 5 rings (SSSR count). The van der Waals surface area contributed by atoms with Crippen LogP contribution in [0.1, 0.15) is 51.2 Å². The Hall–Kier alpha value is -3.23. The summed E-state index contributed by atoms with van der Waals surface area (Å²) in [7, 11) is 0. The number of aliphatic hydroxyl groups is 1. The zero-order valence-corrected chi connectivity index (χ0v) is 22.9. The number of nitrogens with one attached hydrogen (secondary N) is 2. The molecule has 3 saturated heterocycles. The van der Waals surface area contributed by atoms with Gasteiger partial charge in [-0.3, -0.25) is 14.4 Å². The third-order valence-corrected chi connectivity index (χ3v) is 8.81. The molecule has 0 saturated carbocycles. The van der Waals surface area contributed by atoms with Crippen LogP contribution in [0.15, 0.2) is 60.7 Å². The fourth-order valence-corrected chi connectivity index (χ4v) is 7.14. The average molecular weight is 534 g/mol. The molecule has 1 spiro atoms. The molecular weight excluding hydrogens is 494 g/mol. The van der Waals surface area contributed by atoms with Gasteiger partial charge in [-0.1, -0.05) is 67.6 Å². The van der Waals surface area contributed by atoms with Crippen molar-refractivity contribution < 1.29 is 24.2 Å². The van der Waals surface area contributed by atoms with Crippen LogP contribution in [-0.2, 0) is 32.1 Å². The summed E-state index contributed by atoms with van der Waals surface area (Å²) >= 11 is 0. The van der Waals surface area contributed by atoms with Crippen molar-refractivity contribution in [1.29, 1.82) is 0 Å². The Morgan fingerprint density at radius 3 is 2.26 bits per heavy atom. The van der Waals surface area contributed by atoms with E-state index in [0.29, 0.717) is 32.2 Å². The number of hydrogen-bond donors (Lipinski definition) is 3. The molecule has 2 bridgehead atoms. The van der Waals surface area contributed by atoms with Crippen LogP contribution in [0.4, 0.5) is 0 Å². The van der Waals surface area contributed by atoms with Crippen LogP contribution in [0.3, 0.4) is 0 Å². The second-order valence-corrected chi connectivity index (χ2v) is 11.5. The second-order valence-electron chi connectivity index (χ2n) is 11.5. The smallest absolute Gasteiger partial charge is 0.246 e. The van der Waals surface area contributed by atoms with Gasteiger partial charge >= 0.3 is 0 Å². The number of benzene rings is 2. The van der Waals surface area contributed by atoms with Crippen molar-refractivity contribution >= 4 is 17.7 Å². The summed E-state index contributed by atoms with van der Waals surface area (Å²) in [5.41, 5.74) is -0.0101. The van der Waals surface area contributed by atoms with Gasteiger partial charge in [0.15, 0.2) is 0 Å². The maximum absolute atomic E-state index is 14.4. The van der Waals surface area contributed by atoms with E-state index in [-0.39, 0.29) is 30.4 Å². The molecule has 3 fully saturated rings. The first-order valence-corrected chi connectivity index (χ1v) is 14.1. The highest BCUT2D eigenvalue weighted by atomic mass is 16.5. The highest BCUT2D eigenvalue weighted by Crippen LogP contribution is 2.64. The van der Waals surface area contributed by atoms with Gasteiger partial charge in [0.2, 0.25) is 17.7 Å². The molecule has 2 unspecified atom stereocenters. The third kappa shape index (κ3) is 4.63. The van der Waals surface area contributed by atoms with E-state index in [2.05, 4.69) is 10.6 Å². The predicted molar refractivity (Wildman–Crippen MR) is 146 cm³/mol. The first-order valence-electron chi connectivity index (χ1n) is 14.1. The van der Waals surface area contributed by atoms with E-state index in [1.165, 1.54) is 4.90 Å². The van der Waals surface area contributed by atoms with Gasteiger partial charge in [0.05, 0.1) is 30.1 Å². The van der Waals surface area contributed by atoms with Gasteiger partial charge in [-0.15, -0.1) is 0 Å². The number of fused-ring (bicyclic) bond motifs is 1. The van der Waals surface area contributed by atoms with Gasteiger partial charge in [0.25, 0.3) is 0 Å². The van der Waals surface area contributed by atoms with Crippen LogP contribution in [-0.4, -0.2) is 63.7 Å². The van der Waals surface area contributed by atoms with Gasteiger partial charge < -0.3 is 25.4 Å². The molecule has 2 aromatic carbocycles. The molecule has 3 aliphatic heterocycles. The average Bonchev–Trinajstić information content (AvgIpc) is 3.54. The van der Waals surface area contributed by atoms with E-state index in [1.54, 1.807) is 0 Å². The van der Waals surface area contributed by atoms with Crippen LogP contribution in [0.25, 0.3) is 0 Å². The maximum atomic E-state index is 14.4. The molecule has 2 aromatic rings. The van der Waals surface area contributed by atoms with Crippen LogP contribution in [0.5, 0.6) is 0 Å². The summed E-state index contributed by atoms with van der Waals surface area (Å²) in [6.45, 7) is 5.77. The molecule has 0 aliphatic carbocycles. The van der Waals surface area contributed by atoms with Crippen molar-refractivity contribution in [3.05, 3.63) is 71.8 Å². The van der Waals surface area contributed by atoms with Crippen LogP contribution in [0.2, 0.25) is 0 Å². The number of ether oxygens (including phenoxy) is 1. The summed E-state index contributed by atoms with van der Waals surface area (Å²) < 4.78 is 6.80. The molecule has 0 aromatic heterocycles. The fourth-order valence-electron chi connectivity index (χ4n) is 7.14. The lowest BCUT2D eigenvalue weighted by Gasteiger charge is -2.37. The van der Waals surface area contributed by atoms with Gasteiger partial charge in [-0.25, -0.2) is 0 Å². The first-order chi connectivity index (χ1) is 18.8. The Bertz CT molecular complexity index is 1210. The van der Waals surface area contributed by atoms with E-state index in [4.69, 9.17) is 4.74 Å². The number of nitrogens with zero attached hydrogens (tertiary/aromatic N) is 1. The van der Waals surface area contributed by atoms with Gasteiger partial charge in [-0.2, -0.15) is 0 Å². The summed E-state index contributed by atoms with van der Waals surface area (Å²) in [6.07, 6.45) is 2.06. The minimum absolute atomic E-state index is 0.143. The minimum Gasteiger partial charge on any atom is -0.394 e. The number of likely N-dealkylation sites (tertiary alicyclic amines) is 1. The second kappa shape index (κ2) is 10.7. The molecule has 8 heteroatoms. The van der Waals surface area contributed by atoms with Crippen molar-refractivity contribution in [2.75, 3.05) is 6.61 Å². The molecule has 3 N–H and O–H groups in total. The van der Waals surface area contributed by atoms with Gasteiger partial charge in [0.1, 0.15) is 11.6 Å². The van der Waals surface area contributed by atoms with Crippen molar-refractivity contribution in [2.24, 2.45) is 11.8 Å². The lowest BCUT2D eigenvalue weighted by molar-refractivity contribution is -0.151. The quantitative estimate of drug-likeness (QED) is 0.435. The molecular formula is C31H39N3O5. The zero-order valence-electron chi connectivity index (χ0n) is 22.9. The van der Waals surface area contributed by atoms with Crippen molar-refractivity contribution in [3.63, 3.8) is 0 Å². The van der Waals surface area contributed by atoms with E-state index in [9.17, 15) is 19.5 Å². The number of amides is 3. The SMILES string of the molecule is CC[C@@]12CCC3(O1)C(C(=O)NC(C)C)N([C@@H](CO)Cc1ccccc1)C(=O)[C@@H]3[C@@H]2C(=O)NCc1ccccc1. The monoisotopic (exact) mass is 533 g/mol. The number of aliphatic hydroxyl groups excluding tert-OH is 1. The largest absolute Gasteiger partial charge is 0.394 e. The third-order valence-electron chi connectivity index (χ3n) is 8.81. The lowest BCUT2D eigenvalue weighted by Crippen LogP contribution is -2.59. The summed E-state index contributed by atoms with van der Waals surface area (Å²) in [4.78, 5) is 43.6. The molecule has 3 aliphatic rings. The highest BCUT2D eigenvalue weighted by Gasteiger charge is 2.79. The van der Waals surface area contributed by atoms with E-state index in [0.717, 1.165) is 11.1 Å². The number of hydrogen-bond acceptors (Lipinski definition) is 5. The lowest BCUT2D eigenvalue weighted by atomic mass is 9.65. The Labute approximate surface area is 230 Å². The molecule has 6 atom stereocenters. The van der Waals surface area contributed by atoms with Crippen LogP contribution in [0, 0.1) is 11.8 Å². The molecule has 0 radical (unpaired) electrons. The standard InChI is InChI=1S/C31H39N3O5/c1-4-30-15-16-31(39-30)25(24(30)27(36)32-18-22-13-9-6-10-14-22)29(38)34(26(31)28(37)33-20(2)3)23(19-35)17-21-11-7-5-8-12-21/h5-14,20,23-26,35H,4,15-19H2,1-3H3,(H,32,36)(H,33,37)/t23-,24-,25+,26?,30+,31?/m1/s1. The number of rotatable bonds is 10. The Kier molecular flexibility index (Phi) is 7.53. The number of carbonyl (C=O) groups is 3. The van der Waals surface area contributed by atoms with Gasteiger partial charge in [0, 0.05) is 12.6 Å². The van der Waals surface area contributed by atoms with Crippen molar-refractivity contribution in [3.8, 4) is 0 Å². The Morgan fingerprint density at radius 1 is 1.03 bits per heavy atom. The molecule has 39 heavy (non-hydrogen) atoms. The first kappa shape index (κ1) is 27.3. The molecule has 3 amide bonds. The normalized spacial score (nSPS) is 29.9.